The smallest absolute Gasteiger partial charge is 0.337 e. The molecular formula is C26H28N2O5. The third kappa shape index (κ3) is 4.82. The molecule has 1 saturated carbocycles. The number of methoxy groups -OCH3 is 1. The van der Waals surface area contributed by atoms with Crippen molar-refractivity contribution in [2.45, 2.75) is 51.1 Å². The zero-order valence-corrected chi connectivity index (χ0v) is 18.7. The van der Waals surface area contributed by atoms with Crippen molar-refractivity contribution in [2.75, 3.05) is 12.0 Å². The van der Waals surface area contributed by atoms with E-state index in [1.54, 1.807) is 17.0 Å². The Balaban J connectivity index is 1.60. The van der Waals surface area contributed by atoms with Crippen molar-refractivity contribution in [3.8, 4) is 0 Å². The van der Waals surface area contributed by atoms with Crippen LogP contribution in [0.3, 0.4) is 0 Å². The zero-order chi connectivity index (χ0) is 23.4. The van der Waals surface area contributed by atoms with E-state index in [4.69, 9.17) is 4.74 Å². The molecule has 7 nitrogen and oxygen atoms in total. The maximum absolute atomic E-state index is 13.5. The zero-order valence-electron chi connectivity index (χ0n) is 18.7. The molecule has 4 rings (SSSR count). The van der Waals surface area contributed by atoms with Crippen LogP contribution in [-0.4, -0.2) is 41.7 Å². The predicted molar refractivity (Wildman–Crippen MR) is 122 cm³/mol. The fourth-order valence-corrected chi connectivity index (χ4v) is 4.70. The van der Waals surface area contributed by atoms with Gasteiger partial charge in [0.25, 0.3) is 5.91 Å². The molecule has 0 spiro atoms. The van der Waals surface area contributed by atoms with E-state index in [-0.39, 0.29) is 30.7 Å². The number of imide groups is 1. The molecule has 2 aromatic rings. The number of anilines is 1. The van der Waals surface area contributed by atoms with E-state index in [1.165, 1.54) is 19.2 Å². The van der Waals surface area contributed by atoms with Gasteiger partial charge in [0.05, 0.1) is 24.8 Å². The second-order valence-corrected chi connectivity index (χ2v) is 8.61. The van der Waals surface area contributed by atoms with Crippen LogP contribution < -0.4 is 4.90 Å². The number of amides is 3. The molecule has 3 amide bonds. The molecule has 1 aliphatic heterocycles. The Labute approximate surface area is 193 Å². The second-order valence-electron chi connectivity index (χ2n) is 8.61. The second kappa shape index (κ2) is 9.98. The molecule has 172 valence electrons. The van der Waals surface area contributed by atoms with Gasteiger partial charge in [0.1, 0.15) is 6.04 Å². The number of hydrogen-bond acceptors (Lipinski definition) is 5. The van der Waals surface area contributed by atoms with Gasteiger partial charge < -0.3 is 9.64 Å². The molecule has 1 unspecified atom stereocenters. The molecule has 33 heavy (non-hydrogen) atoms. The highest BCUT2D eigenvalue weighted by atomic mass is 16.5. The quantitative estimate of drug-likeness (QED) is 0.497. The van der Waals surface area contributed by atoms with Crippen LogP contribution in [0.1, 0.15) is 54.4 Å². The van der Waals surface area contributed by atoms with E-state index in [2.05, 4.69) is 0 Å². The summed E-state index contributed by atoms with van der Waals surface area (Å²) >= 11 is 0. The standard InChI is InChI=1S/C26H28N2O5/c1-33-26(32)20-12-14-21(15-13-20)28-23(29)16-22(25(28)31)27(17-18-8-4-2-5-9-18)24(30)19-10-6-3-7-11-19/h2,4-5,8-9,12-15,19,22H,3,6-7,10-11,16-17H2,1H3. The van der Waals surface area contributed by atoms with Gasteiger partial charge in [0.2, 0.25) is 11.8 Å². The van der Waals surface area contributed by atoms with Crippen LogP contribution in [0, 0.1) is 5.92 Å². The average Bonchev–Trinajstić information content (AvgIpc) is 3.16. The van der Waals surface area contributed by atoms with E-state index in [0.29, 0.717) is 11.3 Å². The van der Waals surface area contributed by atoms with Crippen LogP contribution in [0.15, 0.2) is 54.6 Å². The highest BCUT2D eigenvalue weighted by Gasteiger charge is 2.45. The van der Waals surface area contributed by atoms with Crippen LogP contribution in [0.4, 0.5) is 5.69 Å². The summed E-state index contributed by atoms with van der Waals surface area (Å²) < 4.78 is 4.70. The first-order chi connectivity index (χ1) is 16.0. The van der Waals surface area contributed by atoms with Gasteiger partial charge in [-0.2, -0.15) is 0 Å². The lowest BCUT2D eigenvalue weighted by molar-refractivity contribution is -0.143. The Hall–Kier alpha value is -3.48. The van der Waals surface area contributed by atoms with E-state index in [0.717, 1.165) is 42.6 Å². The average molecular weight is 449 g/mol. The number of rotatable bonds is 6. The van der Waals surface area contributed by atoms with E-state index in [1.807, 2.05) is 30.3 Å². The van der Waals surface area contributed by atoms with Crippen molar-refractivity contribution in [1.82, 2.24) is 4.90 Å². The Morgan fingerprint density at radius 1 is 0.970 bits per heavy atom. The number of benzene rings is 2. The summed E-state index contributed by atoms with van der Waals surface area (Å²) in [6.45, 7) is 0.287. The first-order valence-corrected chi connectivity index (χ1v) is 11.4. The maximum atomic E-state index is 13.5. The Morgan fingerprint density at radius 2 is 1.64 bits per heavy atom. The molecule has 1 heterocycles. The first kappa shape index (κ1) is 22.7. The molecule has 0 aromatic heterocycles. The van der Waals surface area contributed by atoms with Gasteiger partial charge in [-0.25, -0.2) is 9.69 Å². The van der Waals surface area contributed by atoms with Crippen molar-refractivity contribution in [3.05, 3.63) is 65.7 Å². The van der Waals surface area contributed by atoms with Gasteiger partial charge in [-0.15, -0.1) is 0 Å². The largest absolute Gasteiger partial charge is 0.465 e. The van der Waals surface area contributed by atoms with Gasteiger partial charge in [0, 0.05) is 12.5 Å². The molecule has 2 fully saturated rings. The summed E-state index contributed by atoms with van der Waals surface area (Å²) in [5.41, 5.74) is 1.63. The fourth-order valence-electron chi connectivity index (χ4n) is 4.70. The van der Waals surface area contributed by atoms with Crippen molar-refractivity contribution in [2.24, 2.45) is 5.92 Å². The van der Waals surface area contributed by atoms with Crippen LogP contribution in [0.25, 0.3) is 0 Å². The molecule has 1 aliphatic carbocycles. The number of esters is 1. The Kier molecular flexibility index (Phi) is 6.87. The van der Waals surface area contributed by atoms with Gasteiger partial charge in [-0.3, -0.25) is 14.4 Å². The Bertz CT molecular complexity index is 1030. The third-order valence-electron chi connectivity index (χ3n) is 6.48. The highest BCUT2D eigenvalue weighted by molar-refractivity contribution is 6.23. The molecule has 1 saturated heterocycles. The molecule has 1 atom stereocenters. The predicted octanol–water partition coefficient (Wildman–Crippen LogP) is 3.71. The fraction of sp³-hybridized carbons (Fsp3) is 0.385. The summed E-state index contributed by atoms with van der Waals surface area (Å²) in [7, 11) is 1.29. The van der Waals surface area contributed by atoms with Gasteiger partial charge in [-0.1, -0.05) is 49.6 Å². The van der Waals surface area contributed by atoms with Crippen LogP contribution in [0.2, 0.25) is 0 Å². The lowest BCUT2D eigenvalue weighted by Crippen LogP contribution is -2.47. The minimum absolute atomic E-state index is 0.0485. The minimum Gasteiger partial charge on any atom is -0.465 e. The van der Waals surface area contributed by atoms with Crippen molar-refractivity contribution in [1.29, 1.82) is 0 Å². The summed E-state index contributed by atoms with van der Waals surface area (Å²) in [6.07, 6.45) is 4.72. The molecule has 0 bridgehead atoms. The summed E-state index contributed by atoms with van der Waals surface area (Å²) in [5, 5.41) is 0. The number of carbonyl (C=O) groups excluding carboxylic acids is 4. The number of carbonyl (C=O) groups is 4. The van der Waals surface area contributed by atoms with Crippen LogP contribution >= 0.6 is 0 Å². The molecule has 2 aromatic carbocycles. The monoisotopic (exact) mass is 448 g/mol. The lowest BCUT2D eigenvalue weighted by Gasteiger charge is -2.32. The normalized spacial score (nSPS) is 18.9. The maximum Gasteiger partial charge on any atom is 0.337 e. The van der Waals surface area contributed by atoms with Crippen molar-refractivity contribution >= 4 is 29.4 Å². The van der Waals surface area contributed by atoms with Crippen LogP contribution in [-0.2, 0) is 25.7 Å². The van der Waals surface area contributed by atoms with E-state index >= 15 is 0 Å². The van der Waals surface area contributed by atoms with E-state index < -0.39 is 17.9 Å². The van der Waals surface area contributed by atoms with Gasteiger partial charge in [-0.05, 0) is 42.7 Å². The minimum atomic E-state index is -0.840. The molecule has 0 radical (unpaired) electrons. The van der Waals surface area contributed by atoms with Crippen molar-refractivity contribution in [3.63, 3.8) is 0 Å². The molecule has 2 aliphatic rings. The van der Waals surface area contributed by atoms with Gasteiger partial charge >= 0.3 is 5.97 Å². The topological polar surface area (TPSA) is 84.0 Å². The number of hydrogen-bond donors (Lipinski definition) is 0. The SMILES string of the molecule is COC(=O)c1ccc(N2C(=O)CC(N(Cc3ccccc3)C(=O)C3CCCCC3)C2=O)cc1. The summed E-state index contributed by atoms with van der Waals surface area (Å²) in [6, 6.07) is 14.8. The molecular weight excluding hydrogens is 420 g/mol. The lowest BCUT2D eigenvalue weighted by atomic mass is 9.87. The highest BCUT2D eigenvalue weighted by Crippen LogP contribution is 2.31. The molecule has 7 heteroatoms. The number of ether oxygens (including phenoxy) is 1. The first-order valence-electron chi connectivity index (χ1n) is 11.4. The third-order valence-corrected chi connectivity index (χ3v) is 6.48. The van der Waals surface area contributed by atoms with Crippen molar-refractivity contribution < 1.29 is 23.9 Å². The number of nitrogens with zero attached hydrogens (tertiary/aromatic N) is 2. The Morgan fingerprint density at radius 3 is 2.27 bits per heavy atom. The summed E-state index contributed by atoms with van der Waals surface area (Å²) in [5.74, 6) is -1.42. The van der Waals surface area contributed by atoms with Gasteiger partial charge in [0.15, 0.2) is 0 Å². The van der Waals surface area contributed by atoms with E-state index in [9.17, 15) is 19.2 Å². The molecule has 0 N–H and O–H groups in total. The summed E-state index contributed by atoms with van der Waals surface area (Å²) in [4.78, 5) is 54.3. The van der Waals surface area contributed by atoms with Crippen LogP contribution in [0.5, 0.6) is 0 Å².